The second kappa shape index (κ2) is 15.0. The van der Waals surface area contributed by atoms with E-state index in [2.05, 4.69) is 38.1 Å². The fourth-order valence-corrected chi connectivity index (χ4v) is 4.99. The van der Waals surface area contributed by atoms with E-state index in [1.165, 1.54) is 0 Å². The Hall–Kier alpha value is -2.21. The number of ether oxygens (including phenoxy) is 2. The van der Waals surface area contributed by atoms with Crippen LogP contribution in [0, 0.1) is 0 Å². The lowest BCUT2D eigenvalue weighted by Crippen LogP contribution is -2.18. The molecule has 0 saturated carbocycles. The smallest absolute Gasteiger partial charge is 0.141 e. The molecule has 5 heteroatoms. The fourth-order valence-electron chi connectivity index (χ4n) is 4.04. The molecule has 4 nitrogen and oxygen atoms in total. The summed E-state index contributed by atoms with van der Waals surface area (Å²) in [6.07, 6.45) is 7.04. The first-order valence-corrected chi connectivity index (χ1v) is 13.8. The first-order valence-electron chi connectivity index (χ1n) is 13.0. The number of benzene rings is 3. The molecule has 3 aromatic carbocycles. The number of aliphatic hydroxyl groups excluding tert-OH is 2. The Bertz CT molecular complexity index is 1010. The zero-order chi connectivity index (χ0) is 24.9. The lowest BCUT2D eigenvalue weighted by Gasteiger charge is -2.19. The highest BCUT2D eigenvalue weighted by atomic mass is 32.2. The van der Waals surface area contributed by atoms with Gasteiger partial charge in [0.2, 0.25) is 0 Å². The van der Waals surface area contributed by atoms with Crippen molar-refractivity contribution in [1.29, 1.82) is 0 Å². The molecule has 190 valence electrons. The molecule has 2 N–H and O–H groups in total. The van der Waals surface area contributed by atoms with E-state index >= 15 is 0 Å². The van der Waals surface area contributed by atoms with Gasteiger partial charge >= 0.3 is 0 Å². The van der Waals surface area contributed by atoms with Crippen LogP contribution in [-0.2, 0) is 0 Å². The van der Waals surface area contributed by atoms with Crippen LogP contribution in [0.3, 0.4) is 0 Å². The zero-order valence-corrected chi connectivity index (χ0v) is 21.9. The summed E-state index contributed by atoms with van der Waals surface area (Å²) in [6, 6.07) is 20.3. The molecule has 2 unspecified atom stereocenters. The van der Waals surface area contributed by atoms with Crippen molar-refractivity contribution in [3.63, 3.8) is 0 Å². The van der Waals surface area contributed by atoms with Gasteiger partial charge in [-0.25, -0.2) is 0 Å². The van der Waals surface area contributed by atoms with Gasteiger partial charge in [-0.2, -0.15) is 0 Å². The molecule has 0 spiro atoms. The Balaban J connectivity index is 1.82. The van der Waals surface area contributed by atoms with Crippen LogP contribution in [-0.4, -0.2) is 35.6 Å². The Kier molecular flexibility index (Phi) is 11.8. The maximum atomic E-state index is 10.5. The molecular weight excluding hydrogens is 456 g/mol. The van der Waals surface area contributed by atoms with Crippen LogP contribution in [0.15, 0.2) is 70.5 Å². The van der Waals surface area contributed by atoms with E-state index in [1.54, 1.807) is 11.8 Å². The number of hydrogen-bond acceptors (Lipinski definition) is 5. The minimum absolute atomic E-state index is 0.256. The van der Waals surface area contributed by atoms with Gasteiger partial charge in [0.15, 0.2) is 0 Å². The van der Waals surface area contributed by atoms with Crippen LogP contribution in [0.5, 0.6) is 11.5 Å². The van der Waals surface area contributed by atoms with Crippen LogP contribution in [0.4, 0.5) is 0 Å². The molecule has 0 aliphatic heterocycles. The summed E-state index contributed by atoms with van der Waals surface area (Å²) >= 11 is 1.65. The zero-order valence-electron chi connectivity index (χ0n) is 21.1. The molecule has 2 atom stereocenters. The molecule has 0 heterocycles. The van der Waals surface area contributed by atoms with Gasteiger partial charge in [-0.15, -0.1) is 0 Å². The van der Waals surface area contributed by atoms with Crippen molar-refractivity contribution >= 4 is 22.5 Å². The quantitative estimate of drug-likeness (QED) is 0.200. The van der Waals surface area contributed by atoms with Gasteiger partial charge in [-0.1, -0.05) is 94.5 Å². The summed E-state index contributed by atoms with van der Waals surface area (Å²) in [5, 5.41) is 22.7. The number of rotatable bonds is 16. The van der Waals surface area contributed by atoms with Crippen LogP contribution < -0.4 is 9.47 Å². The Morgan fingerprint density at radius 3 is 2.00 bits per heavy atom. The second-order valence-electron chi connectivity index (χ2n) is 9.08. The van der Waals surface area contributed by atoms with Crippen molar-refractivity contribution in [3.05, 3.63) is 60.7 Å². The highest BCUT2D eigenvalue weighted by molar-refractivity contribution is 7.99. The Labute approximate surface area is 214 Å². The van der Waals surface area contributed by atoms with Crippen molar-refractivity contribution in [2.45, 2.75) is 87.2 Å². The fraction of sp³-hybridized carbons (Fsp3) is 0.467. The Morgan fingerprint density at radius 1 is 0.686 bits per heavy atom. The molecule has 0 radical (unpaired) electrons. The summed E-state index contributed by atoms with van der Waals surface area (Å²) in [4.78, 5) is 2.13. The first kappa shape index (κ1) is 27.4. The lowest BCUT2D eigenvalue weighted by molar-refractivity contribution is 0.0967. The predicted molar refractivity (Wildman–Crippen MR) is 146 cm³/mol. The van der Waals surface area contributed by atoms with E-state index in [9.17, 15) is 10.2 Å². The third-order valence-electron chi connectivity index (χ3n) is 6.04. The van der Waals surface area contributed by atoms with Crippen LogP contribution in [0.25, 0.3) is 10.8 Å². The Morgan fingerprint density at radius 2 is 1.34 bits per heavy atom. The summed E-state index contributed by atoms with van der Waals surface area (Å²) in [5.74, 6) is 1.50. The van der Waals surface area contributed by atoms with Gasteiger partial charge in [-0.05, 0) is 43.2 Å². The standard InChI is InChI=1S/C30H40O4S/c1-3-5-8-13-23(31)21-33-28-18-12-17-27-26(28)19-20-29(35-25-15-10-7-11-16-25)30(27)34-22-24(32)14-9-6-4-2/h7,10-12,15-20,23-24,31-32H,3-6,8-9,13-14,21-22H2,1-2H3. The SMILES string of the molecule is CCCCCC(O)COc1cccc2c(OCC(O)CCCCC)c(Sc3ccccc3)ccc12. The van der Waals surface area contributed by atoms with Crippen LogP contribution >= 0.6 is 11.8 Å². The number of fused-ring (bicyclic) bond motifs is 1. The minimum Gasteiger partial charge on any atom is -0.490 e. The normalized spacial score (nSPS) is 13.0. The van der Waals surface area contributed by atoms with Gasteiger partial charge in [-0.3, -0.25) is 0 Å². The average Bonchev–Trinajstić information content (AvgIpc) is 2.87. The topological polar surface area (TPSA) is 58.9 Å². The van der Waals surface area contributed by atoms with Crippen molar-refractivity contribution in [1.82, 2.24) is 0 Å². The van der Waals surface area contributed by atoms with Crippen molar-refractivity contribution in [2.24, 2.45) is 0 Å². The van der Waals surface area contributed by atoms with Crippen LogP contribution in [0.1, 0.15) is 65.2 Å². The van der Waals surface area contributed by atoms with Crippen molar-refractivity contribution < 1.29 is 19.7 Å². The van der Waals surface area contributed by atoms with Gasteiger partial charge < -0.3 is 19.7 Å². The summed E-state index contributed by atoms with van der Waals surface area (Å²) < 4.78 is 12.3. The van der Waals surface area contributed by atoms with E-state index in [0.717, 1.165) is 83.4 Å². The molecule has 0 aliphatic carbocycles. The highest BCUT2D eigenvalue weighted by Gasteiger charge is 2.16. The highest BCUT2D eigenvalue weighted by Crippen LogP contribution is 2.42. The predicted octanol–water partition coefficient (Wildman–Crippen LogP) is 7.63. The average molecular weight is 497 g/mol. The second-order valence-corrected chi connectivity index (χ2v) is 10.2. The lowest BCUT2D eigenvalue weighted by atomic mass is 10.1. The molecule has 0 aromatic heterocycles. The molecule has 35 heavy (non-hydrogen) atoms. The molecule has 0 amide bonds. The first-order chi connectivity index (χ1) is 17.1. The van der Waals surface area contributed by atoms with Crippen molar-refractivity contribution in [3.8, 4) is 11.5 Å². The summed E-state index contributed by atoms with van der Waals surface area (Å²) in [7, 11) is 0. The number of unbranched alkanes of at least 4 members (excludes halogenated alkanes) is 4. The maximum Gasteiger partial charge on any atom is 0.141 e. The summed E-state index contributed by atoms with van der Waals surface area (Å²) in [6.45, 7) is 4.85. The van der Waals surface area contributed by atoms with Gasteiger partial charge in [0, 0.05) is 15.7 Å². The number of aliphatic hydroxyl groups is 2. The van der Waals surface area contributed by atoms with Gasteiger partial charge in [0.1, 0.15) is 24.7 Å². The van der Waals surface area contributed by atoms with E-state index < -0.39 is 12.2 Å². The molecule has 0 bridgehead atoms. The largest absolute Gasteiger partial charge is 0.490 e. The van der Waals surface area contributed by atoms with E-state index in [4.69, 9.17) is 9.47 Å². The third-order valence-corrected chi connectivity index (χ3v) is 7.09. The number of hydrogen-bond donors (Lipinski definition) is 2. The minimum atomic E-state index is -0.496. The van der Waals surface area contributed by atoms with E-state index in [0.29, 0.717) is 0 Å². The van der Waals surface area contributed by atoms with E-state index in [1.807, 2.05) is 36.4 Å². The van der Waals surface area contributed by atoms with Crippen molar-refractivity contribution in [2.75, 3.05) is 13.2 Å². The molecule has 0 aliphatic rings. The third kappa shape index (κ3) is 8.75. The summed E-state index contributed by atoms with van der Waals surface area (Å²) in [5.41, 5.74) is 0. The molecule has 0 saturated heterocycles. The maximum absolute atomic E-state index is 10.5. The van der Waals surface area contributed by atoms with E-state index in [-0.39, 0.29) is 13.2 Å². The van der Waals surface area contributed by atoms with Gasteiger partial charge in [0.05, 0.1) is 17.1 Å². The molecular formula is C30H40O4S. The molecule has 3 aromatic rings. The molecule has 0 fully saturated rings. The molecule has 3 rings (SSSR count). The van der Waals surface area contributed by atoms with Crippen LogP contribution in [0.2, 0.25) is 0 Å². The van der Waals surface area contributed by atoms with Gasteiger partial charge in [0.25, 0.3) is 0 Å². The monoisotopic (exact) mass is 496 g/mol.